The highest BCUT2D eigenvalue weighted by Gasteiger charge is 2.32. The van der Waals surface area contributed by atoms with Crippen LogP contribution in [0, 0.1) is 0 Å². The van der Waals surface area contributed by atoms with Crippen molar-refractivity contribution in [2.45, 2.75) is 18.9 Å². The van der Waals surface area contributed by atoms with E-state index >= 15 is 0 Å². The van der Waals surface area contributed by atoms with Crippen LogP contribution in [-0.4, -0.2) is 49.3 Å². The topological polar surface area (TPSA) is 85.3 Å². The Balaban J connectivity index is 1.71. The molecule has 0 radical (unpaired) electrons. The lowest BCUT2D eigenvalue weighted by Gasteiger charge is -2.26. The number of amides is 1. The number of carbonyl (C=O) groups is 2. The number of aromatic hydroxyl groups is 1. The van der Waals surface area contributed by atoms with Crippen LogP contribution in [0.25, 0.3) is 0 Å². The monoisotopic (exact) mass is 419 g/mol. The second-order valence-electron chi connectivity index (χ2n) is 6.59. The Morgan fingerprint density at radius 1 is 1.17 bits per heavy atom. The minimum Gasteiger partial charge on any atom is -0.507 e. The molecule has 0 unspecified atom stereocenters. The lowest BCUT2D eigenvalue weighted by molar-refractivity contribution is -0.135. The SMILES string of the molecule is COc1ccc(OC)c([C@H]2CCCN2C(=O)COC(=O)c2ccc(Cl)cc2O)c1. The van der Waals surface area contributed by atoms with E-state index in [1.165, 1.54) is 18.2 Å². The molecule has 0 saturated carbocycles. The molecule has 8 heteroatoms. The summed E-state index contributed by atoms with van der Waals surface area (Å²) in [5.74, 6) is -0.0696. The van der Waals surface area contributed by atoms with Gasteiger partial charge in [-0.25, -0.2) is 4.79 Å². The van der Waals surface area contributed by atoms with Crippen LogP contribution in [0.3, 0.4) is 0 Å². The predicted molar refractivity (Wildman–Crippen MR) is 107 cm³/mol. The number of rotatable bonds is 6. The molecule has 0 bridgehead atoms. The summed E-state index contributed by atoms with van der Waals surface area (Å²) in [4.78, 5) is 26.6. The van der Waals surface area contributed by atoms with E-state index in [9.17, 15) is 14.7 Å². The van der Waals surface area contributed by atoms with Gasteiger partial charge in [0.2, 0.25) is 0 Å². The molecule has 1 amide bonds. The molecule has 2 aromatic rings. The van der Waals surface area contributed by atoms with Crippen molar-refractivity contribution in [3.05, 3.63) is 52.5 Å². The summed E-state index contributed by atoms with van der Waals surface area (Å²) in [6.45, 7) is 0.122. The number of nitrogens with zero attached hydrogens (tertiary/aromatic N) is 1. The van der Waals surface area contributed by atoms with Gasteiger partial charge in [0.1, 0.15) is 22.8 Å². The van der Waals surface area contributed by atoms with Crippen molar-refractivity contribution in [1.29, 1.82) is 0 Å². The Labute approximate surface area is 173 Å². The van der Waals surface area contributed by atoms with Crippen LogP contribution in [0.15, 0.2) is 36.4 Å². The zero-order valence-corrected chi connectivity index (χ0v) is 16.9. The van der Waals surface area contributed by atoms with Gasteiger partial charge in [0, 0.05) is 17.1 Å². The number of ether oxygens (including phenoxy) is 3. The van der Waals surface area contributed by atoms with Gasteiger partial charge >= 0.3 is 5.97 Å². The standard InChI is InChI=1S/C21H22ClNO6/c1-27-14-6-8-19(28-2)16(11-14)17-4-3-9-23(17)20(25)12-29-21(26)15-7-5-13(22)10-18(15)24/h5-8,10-11,17,24H,3-4,9,12H2,1-2H3/t17-/m1/s1. The maximum atomic E-state index is 12.8. The minimum atomic E-state index is -0.790. The van der Waals surface area contributed by atoms with Crippen LogP contribution in [0.5, 0.6) is 17.2 Å². The van der Waals surface area contributed by atoms with Gasteiger partial charge in [-0.3, -0.25) is 4.79 Å². The normalized spacial score (nSPS) is 15.8. The van der Waals surface area contributed by atoms with Gasteiger partial charge in [0.05, 0.1) is 20.3 Å². The molecule has 29 heavy (non-hydrogen) atoms. The quantitative estimate of drug-likeness (QED) is 0.720. The van der Waals surface area contributed by atoms with Crippen molar-refractivity contribution in [3.8, 4) is 17.2 Å². The molecule has 7 nitrogen and oxygen atoms in total. The number of benzene rings is 2. The first-order valence-electron chi connectivity index (χ1n) is 9.11. The number of hydrogen-bond donors (Lipinski definition) is 1. The number of likely N-dealkylation sites (tertiary alicyclic amines) is 1. The lowest BCUT2D eigenvalue weighted by atomic mass is 10.0. The molecule has 2 aromatic carbocycles. The molecule has 3 rings (SSSR count). The first-order valence-corrected chi connectivity index (χ1v) is 9.49. The molecule has 1 N–H and O–H groups in total. The molecule has 1 atom stereocenters. The fourth-order valence-electron chi connectivity index (χ4n) is 3.45. The minimum absolute atomic E-state index is 0.0466. The first kappa shape index (κ1) is 20.8. The van der Waals surface area contributed by atoms with Crippen molar-refractivity contribution in [2.24, 2.45) is 0 Å². The summed E-state index contributed by atoms with van der Waals surface area (Å²) in [6.07, 6.45) is 1.59. The first-order chi connectivity index (χ1) is 13.9. The smallest absolute Gasteiger partial charge is 0.342 e. The summed E-state index contributed by atoms with van der Waals surface area (Å²) in [6, 6.07) is 9.31. The Kier molecular flexibility index (Phi) is 6.49. The van der Waals surface area contributed by atoms with Crippen LogP contribution in [0.2, 0.25) is 5.02 Å². The highest BCUT2D eigenvalue weighted by atomic mass is 35.5. The number of phenolic OH excluding ortho intramolecular Hbond substituents is 1. The summed E-state index contributed by atoms with van der Waals surface area (Å²) in [5, 5.41) is 10.1. The van der Waals surface area contributed by atoms with Gasteiger partial charge in [0.15, 0.2) is 6.61 Å². The van der Waals surface area contributed by atoms with Gasteiger partial charge in [-0.1, -0.05) is 11.6 Å². The van der Waals surface area contributed by atoms with E-state index < -0.39 is 12.6 Å². The molecular weight excluding hydrogens is 398 g/mol. The highest BCUT2D eigenvalue weighted by molar-refractivity contribution is 6.30. The fourth-order valence-corrected chi connectivity index (χ4v) is 3.62. The van der Waals surface area contributed by atoms with Crippen molar-refractivity contribution >= 4 is 23.5 Å². The van der Waals surface area contributed by atoms with E-state index in [0.29, 0.717) is 23.1 Å². The molecule has 0 aliphatic carbocycles. The van der Waals surface area contributed by atoms with Crippen molar-refractivity contribution in [3.63, 3.8) is 0 Å². The highest BCUT2D eigenvalue weighted by Crippen LogP contribution is 2.39. The molecule has 0 aromatic heterocycles. The van der Waals surface area contributed by atoms with E-state index in [1.54, 1.807) is 31.3 Å². The van der Waals surface area contributed by atoms with Gasteiger partial charge in [0.25, 0.3) is 5.91 Å². The van der Waals surface area contributed by atoms with Crippen LogP contribution >= 0.6 is 11.6 Å². The second kappa shape index (κ2) is 9.05. The van der Waals surface area contributed by atoms with Crippen LogP contribution in [-0.2, 0) is 9.53 Å². The van der Waals surface area contributed by atoms with Gasteiger partial charge in [-0.05, 0) is 49.2 Å². The van der Waals surface area contributed by atoms with Crippen molar-refractivity contribution in [2.75, 3.05) is 27.4 Å². The van der Waals surface area contributed by atoms with Crippen LogP contribution < -0.4 is 9.47 Å². The molecule has 1 saturated heterocycles. The second-order valence-corrected chi connectivity index (χ2v) is 7.03. The van der Waals surface area contributed by atoms with Gasteiger partial charge < -0.3 is 24.2 Å². The molecular formula is C21H22ClNO6. The Hall–Kier alpha value is -2.93. The number of phenols is 1. The maximum Gasteiger partial charge on any atom is 0.342 e. The number of halogens is 1. The van der Waals surface area contributed by atoms with Gasteiger partial charge in [-0.2, -0.15) is 0 Å². The van der Waals surface area contributed by atoms with Crippen molar-refractivity contribution < 1.29 is 28.9 Å². The number of hydrogen-bond acceptors (Lipinski definition) is 6. The van der Waals surface area contributed by atoms with E-state index in [4.69, 9.17) is 25.8 Å². The Morgan fingerprint density at radius 3 is 2.66 bits per heavy atom. The zero-order valence-electron chi connectivity index (χ0n) is 16.2. The number of methoxy groups -OCH3 is 2. The fraction of sp³-hybridized carbons (Fsp3) is 0.333. The van der Waals surface area contributed by atoms with Gasteiger partial charge in [-0.15, -0.1) is 0 Å². The number of esters is 1. The predicted octanol–water partition coefficient (Wildman–Crippen LogP) is 3.58. The molecule has 0 spiro atoms. The molecule has 1 fully saturated rings. The molecule has 1 aliphatic heterocycles. The van der Waals surface area contributed by atoms with Crippen molar-refractivity contribution in [1.82, 2.24) is 4.90 Å². The lowest BCUT2D eigenvalue weighted by Crippen LogP contribution is -2.34. The molecule has 1 heterocycles. The largest absolute Gasteiger partial charge is 0.507 e. The Bertz CT molecular complexity index is 916. The third-order valence-electron chi connectivity index (χ3n) is 4.88. The zero-order chi connectivity index (χ0) is 21.0. The maximum absolute atomic E-state index is 12.8. The average molecular weight is 420 g/mol. The summed E-state index contributed by atoms with van der Waals surface area (Å²) in [7, 11) is 3.15. The third kappa shape index (κ3) is 4.56. The Morgan fingerprint density at radius 2 is 1.97 bits per heavy atom. The average Bonchev–Trinajstić information content (AvgIpc) is 3.21. The third-order valence-corrected chi connectivity index (χ3v) is 5.11. The summed E-state index contributed by atoms with van der Waals surface area (Å²) >= 11 is 5.76. The molecule has 1 aliphatic rings. The van der Waals surface area contributed by atoms with Crippen LogP contribution in [0.4, 0.5) is 0 Å². The van der Waals surface area contributed by atoms with E-state index in [1.807, 2.05) is 6.07 Å². The molecule has 154 valence electrons. The number of carbonyl (C=O) groups excluding carboxylic acids is 2. The summed E-state index contributed by atoms with van der Waals surface area (Å²) < 4.78 is 15.9. The van der Waals surface area contributed by atoms with E-state index in [-0.39, 0.29) is 23.3 Å². The summed E-state index contributed by atoms with van der Waals surface area (Å²) in [5.41, 5.74) is 0.800. The van der Waals surface area contributed by atoms with E-state index in [0.717, 1.165) is 18.4 Å². The van der Waals surface area contributed by atoms with Crippen LogP contribution in [0.1, 0.15) is 34.8 Å². The van der Waals surface area contributed by atoms with E-state index in [2.05, 4.69) is 0 Å².